The third-order valence-electron chi connectivity index (χ3n) is 4.40. The Hall–Kier alpha value is -3.62. The van der Waals surface area contributed by atoms with Gasteiger partial charge in [-0.15, -0.1) is 0 Å². The molecule has 3 rings (SSSR count). The Bertz CT molecular complexity index is 970. The van der Waals surface area contributed by atoms with Gasteiger partial charge >= 0.3 is 17.9 Å². The number of carbonyl (C=O) groups is 1. The number of benzene rings is 2. The fourth-order valence-electron chi connectivity index (χ4n) is 2.85. The zero-order chi connectivity index (χ0) is 21.1. The second-order valence-corrected chi connectivity index (χ2v) is 6.40. The Morgan fingerprint density at radius 2 is 1.72 bits per heavy atom. The van der Waals surface area contributed by atoms with Crippen LogP contribution in [0.3, 0.4) is 0 Å². The highest BCUT2D eigenvalue weighted by molar-refractivity contribution is 5.90. The summed E-state index contributed by atoms with van der Waals surface area (Å²) in [7, 11) is 0. The molecule has 1 aliphatic rings. The van der Waals surface area contributed by atoms with Crippen LogP contribution in [0.4, 0.5) is 23.7 Å². The largest absolute Gasteiger partial charge is 0.416 e. The molecule has 0 fully saturated rings. The van der Waals surface area contributed by atoms with Gasteiger partial charge in [-0.05, 0) is 41.5 Å². The number of carbonyl (C=O) groups excluding carboxylic acids is 1. The molecule has 1 aliphatic carbocycles. The van der Waals surface area contributed by atoms with E-state index >= 15 is 0 Å². The van der Waals surface area contributed by atoms with Crippen LogP contribution in [0.2, 0.25) is 0 Å². The lowest BCUT2D eigenvalue weighted by Crippen LogP contribution is -2.54. The minimum absolute atomic E-state index is 0.0781. The summed E-state index contributed by atoms with van der Waals surface area (Å²) >= 11 is 0. The topological polar surface area (TPSA) is 84.3 Å². The Labute approximate surface area is 163 Å². The number of amides is 2. The van der Waals surface area contributed by atoms with Crippen LogP contribution in [0.15, 0.2) is 72.8 Å². The van der Waals surface area contributed by atoms with Crippen LogP contribution in [0.1, 0.15) is 17.5 Å². The molecule has 2 N–H and O–H groups in total. The first-order valence-corrected chi connectivity index (χ1v) is 8.55. The van der Waals surface area contributed by atoms with Gasteiger partial charge in [-0.2, -0.15) is 13.2 Å². The van der Waals surface area contributed by atoms with E-state index in [4.69, 9.17) is 0 Å². The lowest BCUT2D eigenvalue weighted by Gasteiger charge is -2.25. The monoisotopic (exact) mass is 403 g/mol. The van der Waals surface area contributed by atoms with Gasteiger partial charge in [0.2, 0.25) is 0 Å². The molecular weight excluding hydrogens is 387 g/mol. The number of hydrogen-bond acceptors (Lipinski definition) is 3. The average Bonchev–Trinajstić information content (AvgIpc) is 2.68. The van der Waals surface area contributed by atoms with Gasteiger partial charge in [-0.1, -0.05) is 36.4 Å². The molecule has 9 heteroatoms. The molecule has 6 nitrogen and oxygen atoms in total. The number of anilines is 1. The van der Waals surface area contributed by atoms with Gasteiger partial charge in [0.25, 0.3) is 0 Å². The van der Waals surface area contributed by atoms with Gasteiger partial charge in [-0.3, -0.25) is 15.4 Å². The summed E-state index contributed by atoms with van der Waals surface area (Å²) in [5.74, 6) is 0. The summed E-state index contributed by atoms with van der Waals surface area (Å²) in [5, 5.41) is 16.2. The summed E-state index contributed by atoms with van der Waals surface area (Å²) in [6.45, 7) is 0. The van der Waals surface area contributed by atoms with Gasteiger partial charge in [0.15, 0.2) is 0 Å². The Morgan fingerprint density at radius 3 is 2.24 bits per heavy atom. The van der Waals surface area contributed by atoms with Crippen molar-refractivity contribution in [1.82, 2.24) is 5.32 Å². The highest BCUT2D eigenvalue weighted by Gasteiger charge is 2.42. The number of nitrogens with one attached hydrogen (secondary N) is 2. The zero-order valence-electron chi connectivity index (χ0n) is 14.9. The second-order valence-electron chi connectivity index (χ2n) is 6.40. The van der Waals surface area contributed by atoms with Crippen molar-refractivity contribution in [3.05, 3.63) is 94.1 Å². The SMILES string of the molecule is O=C(Nc1ccc(C(F)(F)F)cc1)NC1([N+](=O)[O-])C=CC(c2ccccc2)=CC1. The first kappa shape index (κ1) is 20.1. The van der Waals surface area contributed by atoms with Crippen molar-refractivity contribution in [3.63, 3.8) is 0 Å². The van der Waals surface area contributed by atoms with Crippen LogP contribution in [-0.4, -0.2) is 16.6 Å². The van der Waals surface area contributed by atoms with Crippen LogP contribution in [-0.2, 0) is 6.18 Å². The third-order valence-corrected chi connectivity index (χ3v) is 4.40. The number of urea groups is 1. The van der Waals surface area contributed by atoms with E-state index in [2.05, 4.69) is 10.6 Å². The highest BCUT2D eigenvalue weighted by Crippen LogP contribution is 2.30. The molecule has 0 saturated heterocycles. The molecule has 0 heterocycles. The van der Waals surface area contributed by atoms with Crippen molar-refractivity contribution < 1.29 is 22.9 Å². The Kier molecular flexibility index (Phi) is 5.40. The van der Waals surface area contributed by atoms with Crippen LogP contribution in [0, 0.1) is 10.1 Å². The lowest BCUT2D eigenvalue weighted by atomic mass is 9.93. The number of halogens is 3. The summed E-state index contributed by atoms with van der Waals surface area (Å²) in [6, 6.07) is 12.1. The average molecular weight is 403 g/mol. The molecule has 1 unspecified atom stereocenters. The van der Waals surface area contributed by atoms with E-state index in [0.717, 1.165) is 35.4 Å². The van der Waals surface area contributed by atoms with Gasteiger partial charge in [0.1, 0.15) is 0 Å². The number of rotatable bonds is 4. The maximum absolute atomic E-state index is 12.6. The number of hydrogen-bond donors (Lipinski definition) is 2. The Balaban J connectivity index is 1.70. The van der Waals surface area contributed by atoms with Crippen molar-refractivity contribution in [2.75, 3.05) is 5.32 Å². The Morgan fingerprint density at radius 1 is 1.07 bits per heavy atom. The molecule has 0 aliphatic heterocycles. The molecule has 0 bridgehead atoms. The first-order valence-electron chi connectivity index (χ1n) is 8.55. The predicted molar refractivity (Wildman–Crippen MR) is 101 cm³/mol. The molecule has 0 spiro atoms. The molecule has 29 heavy (non-hydrogen) atoms. The fraction of sp³-hybridized carbons (Fsp3) is 0.150. The summed E-state index contributed by atoms with van der Waals surface area (Å²) in [6.07, 6.45) is -0.0778. The molecule has 2 amide bonds. The van der Waals surface area contributed by atoms with Crippen molar-refractivity contribution in [1.29, 1.82) is 0 Å². The van der Waals surface area contributed by atoms with Crippen molar-refractivity contribution in [2.45, 2.75) is 18.3 Å². The van der Waals surface area contributed by atoms with Crippen LogP contribution in [0.25, 0.3) is 5.57 Å². The standard InChI is InChI=1S/C20H16F3N3O3/c21-20(22,23)16-6-8-17(9-7-16)24-18(27)25-19(26(28)29)12-10-15(11-13-19)14-4-2-1-3-5-14/h1-12H,13H2,(H2,24,25,27). The van der Waals surface area contributed by atoms with E-state index in [9.17, 15) is 28.1 Å². The maximum atomic E-state index is 12.6. The van der Waals surface area contributed by atoms with Crippen molar-refractivity contribution in [2.24, 2.45) is 0 Å². The first-order chi connectivity index (χ1) is 13.7. The molecular formula is C20H16F3N3O3. The quantitative estimate of drug-likeness (QED) is 0.435. The van der Waals surface area contributed by atoms with Gasteiger partial charge < -0.3 is 5.32 Å². The van der Waals surface area contributed by atoms with Crippen LogP contribution in [0.5, 0.6) is 0 Å². The number of nitro groups is 1. The number of alkyl halides is 3. The smallest absolute Gasteiger partial charge is 0.308 e. The zero-order valence-corrected chi connectivity index (χ0v) is 14.9. The summed E-state index contributed by atoms with van der Waals surface area (Å²) in [5.41, 5.74) is -0.967. The van der Waals surface area contributed by atoms with E-state index in [1.165, 1.54) is 6.08 Å². The van der Waals surface area contributed by atoms with E-state index in [1.807, 2.05) is 30.3 Å². The van der Waals surface area contributed by atoms with Gasteiger partial charge in [-0.25, -0.2) is 4.79 Å². The molecule has 0 aromatic heterocycles. The maximum Gasteiger partial charge on any atom is 0.416 e. The normalized spacial score (nSPS) is 18.7. The van der Waals surface area contributed by atoms with Crippen LogP contribution < -0.4 is 10.6 Å². The molecule has 0 saturated carbocycles. The minimum Gasteiger partial charge on any atom is -0.308 e. The molecule has 150 valence electrons. The van der Waals surface area contributed by atoms with E-state index in [1.54, 1.807) is 12.2 Å². The predicted octanol–water partition coefficient (Wildman–Crippen LogP) is 4.84. The van der Waals surface area contributed by atoms with Gasteiger partial charge in [0.05, 0.1) is 16.9 Å². The second kappa shape index (κ2) is 7.78. The lowest BCUT2D eigenvalue weighted by molar-refractivity contribution is -0.559. The number of allylic oxidation sites excluding steroid dienone is 2. The van der Waals surface area contributed by atoms with E-state index < -0.39 is 28.4 Å². The summed E-state index contributed by atoms with van der Waals surface area (Å²) < 4.78 is 37.8. The van der Waals surface area contributed by atoms with Crippen molar-refractivity contribution >= 4 is 17.3 Å². The minimum atomic E-state index is -4.49. The fourth-order valence-corrected chi connectivity index (χ4v) is 2.85. The number of nitrogens with zero attached hydrogens (tertiary/aromatic N) is 1. The molecule has 2 aromatic carbocycles. The van der Waals surface area contributed by atoms with Gasteiger partial charge in [0, 0.05) is 11.8 Å². The third kappa shape index (κ3) is 4.63. The van der Waals surface area contributed by atoms with Crippen LogP contribution >= 0.6 is 0 Å². The summed E-state index contributed by atoms with van der Waals surface area (Å²) in [4.78, 5) is 23.2. The van der Waals surface area contributed by atoms with E-state index in [-0.39, 0.29) is 12.1 Å². The van der Waals surface area contributed by atoms with Crippen molar-refractivity contribution in [3.8, 4) is 0 Å². The highest BCUT2D eigenvalue weighted by atomic mass is 19.4. The molecule has 1 atom stereocenters. The molecule has 0 radical (unpaired) electrons. The molecule has 2 aromatic rings. The van der Waals surface area contributed by atoms with E-state index in [0.29, 0.717) is 0 Å².